The van der Waals surface area contributed by atoms with Crippen molar-refractivity contribution < 1.29 is 19.6 Å². The molecule has 7 heteroatoms. The highest BCUT2D eigenvalue weighted by molar-refractivity contribution is 6.58. The number of hydrogen-bond donors (Lipinski definition) is 2. The summed E-state index contributed by atoms with van der Waals surface area (Å²) in [5.74, 6) is 0.287. The summed E-state index contributed by atoms with van der Waals surface area (Å²) in [6.45, 7) is 5.29. The van der Waals surface area contributed by atoms with Crippen molar-refractivity contribution in [2.24, 2.45) is 0 Å². The third-order valence-corrected chi connectivity index (χ3v) is 2.08. The summed E-state index contributed by atoms with van der Waals surface area (Å²) in [5, 5.41) is 18.1. The molecule has 0 atom stereocenters. The maximum absolute atomic E-state index is 11.8. The van der Waals surface area contributed by atoms with Crippen LogP contribution in [-0.4, -0.2) is 40.9 Å². The molecule has 6 nitrogen and oxygen atoms in total. The van der Waals surface area contributed by atoms with Gasteiger partial charge in [0.15, 0.2) is 0 Å². The molecule has 1 aromatic rings. The summed E-state index contributed by atoms with van der Waals surface area (Å²) in [4.78, 5) is 17.0. The first-order chi connectivity index (χ1) is 8.20. The Bertz CT molecular complexity index is 431. The summed E-state index contributed by atoms with van der Waals surface area (Å²) in [5.41, 5.74) is -0.338. The van der Waals surface area contributed by atoms with Gasteiger partial charge in [0, 0.05) is 13.2 Å². The van der Waals surface area contributed by atoms with Crippen molar-refractivity contribution in [2.75, 3.05) is 11.9 Å². The lowest BCUT2D eigenvalue weighted by molar-refractivity contribution is 0.0588. The highest BCUT2D eigenvalue weighted by atomic mass is 16.6. The van der Waals surface area contributed by atoms with Gasteiger partial charge < -0.3 is 14.8 Å². The van der Waals surface area contributed by atoms with Crippen molar-refractivity contribution in [1.82, 2.24) is 4.98 Å². The minimum Gasteiger partial charge on any atom is -0.443 e. The van der Waals surface area contributed by atoms with Crippen molar-refractivity contribution in [3.05, 3.63) is 18.3 Å². The van der Waals surface area contributed by atoms with Gasteiger partial charge in [0.1, 0.15) is 11.4 Å². The normalized spacial score (nSPS) is 11.0. The Morgan fingerprint density at radius 2 is 2.06 bits per heavy atom. The van der Waals surface area contributed by atoms with Crippen LogP contribution in [0.3, 0.4) is 0 Å². The first-order valence-corrected chi connectivity index (χ1v) is 5.49. The fraction of sp³-hybridized carbons (Fsp3) is 0.455. The molecule has 98 valence electrons. The second kappa shape index (κ2) is 5.37. The number of carbonyl (C=O) groups is 1. The van der Waals surface area contributed by atoms with Crippen LogP contribution in [0.4, 0.5) is 10.6 Å². The van der Waals surface area contributed by atoms with Gasteiger partial charge in [-0.15, -0.1) is 0 Å². The SMILES string of the molecule is CN(C(=O)OC(C)(C)C)c1cc(B(O)O)ccn1. The summed E-state index contributed by atoms with van der Waals surface area (Å²) >= 11 is 0. The largest absolute Gasteiger partial charge is 0.488 e. The number of rotatable bonds is 2. The molecule has 0 spiro atoms. The zero-order chi connectivity index (χ0) is 13.9. The van der Waals surface area contributed by atoms with Crippen LogP contribution in [0.2, 0.25) is 0 Å². The van der Waals surface area contributed by atoms with Crippen LogP contribution < -0.4 is 10.4 Å². The Morgan fingerprint density at radius 1 is 1.44 bits per heavy atom. The Balaban J connectivity index is 2.87. The van der Waals surface area contributed by atoms with Gasteiger partial charge in [0.05, 0.1) is 0 Å². The van der Waals surface area contributed by atoms with E-state index >= 15 is 0 Å². The third kappa shape index (κ3) is 4.01. The molecular formula is C11H17BN2O4. The van der Waals surface area contributed by atoms with Crippen molar-refractivity contribution >= 4 is 24.5 Å². The van der Waals surface area contributed by atoms with Gasteiger partial charge in [-0.25, -0.2) is 9.78 Å². The molecule has 0 aliphatic heterocycles. The number of ether oxygens (including phenoxy) is 1. The van der Waals surface area contributed by atoms with Gasteiger partial charge in [-0.3, -0.25) is 4.90 Å². The molecule has 0 fully saturated rings. The fourth-order valence-corrected chi connectivity index (χ4v) is 1.20. The number of carbonyl (C=O) groups excluding carboxylic acids is 1. The number of nitrogens with zero attached hydrogens (tertiary/aromatic N) is 2. The van der Waals surface area contributed by atoms with E-state index in [0.29, 0.717) is 0 Å². The maximum atomic E-state index is 11.8. The number of aromatic nitrogens is 1. The lowest BCUT2D eigenvalue weighted by Gasteiger charge is -2.24. The van der Waals surface area contributed by atoms with E-state index < -0.39 is 18.8 Å². The number of anilines is 1. The summed E-state index contributed by atoms with van der Waals surface area (Å²) in [6, 6.07) is 2.87. The van der Waals surface area contributed by atoms with Gasteiger partial charge in [0.25, 0.3) is 0 Å². The minimum absolute atomic E-state index is 0.260. The molecule has 0 aliphatic carbocycles. The number of pyridine rings is 1. The molecular weight excluding hydrogens is 235 g/mol. The first kappa shape index (κ1) is 14.5. The van der Waals surface area contributed by atoms with Crippen molar-refractivity contribution in [1.29, 1.82) is 0 Å². The standard InChI is InChI=1S/C11H17BN2O4/c1-11(2,3)18-10(15)14(4)9-7-8(12(16)17)5-6-13-9/h5-7,16-17H,1-4H3. The smallest absolute Gasteiger partial charge is 0.443 e. The zero-order valence-electron chi connectivity index (χ0n) is 10.9. The van der Waals surface area contributed by atoms with E-state index in [0.717, 1.165) is 0 Å². The van der Waals surface area contributed by atoms with Gasteiger partial charge in [0.2, 0.25) is 0 Å². The molecule has 2 N–H and O–H groups in total. The van der Waals surface area contributed by atoms with Crippen molar-refractivity contribution in [3.63, 3.8) is 0 Å². The average Bonchev–Trinajstić information content (AvgIpc) is 2.26. The molecule has 1 aromatic heterocycles. The van der Waals surface area contributed by atoms with Crippen LogP contribution in [0.15, 0.2) is 18.3 Å². The van der Waals surface area contributed by atoms with Crippen LogP contribution in [0.1, 0.15) is 20.8 Å². The Morgan fingerprint density at radius 3 is 2.56 bits per heavy atom. The van der Waals surface area contributed by atoms with Crippen LogP contribution in [0.25, 0.3) is 0 Å². The molecule has 1 heterocycles. The second-order valence-electron chi connectivity index (χ2n) is 4.86. The molecule has 0 aliphatic rings. The van der Waals surface area contributed by atoms with Crippen LogP contribution in [0, 0.1) is 0 Å². The van der Waals surface area contributed by atoms with Crippen LogP contribution >= 0.6 is 0 Å². The predicted molar refractivity (Wildman–Crippen MR) is 68.7 cm³/mol. The number of amides is 1. The van der Waals surface area contributed by atoms with E-state index in [1.807, 2.05) is 0 Å². The molecule has 0 radical (unpaired) electrons. The van der Waals surface area contributed by atoms with E-state index in [2.05, 4.69) is 4.98 Å². The average molecular weight is 252 g/mol. The van der Waals surface area contributed by atoms with Crippen LogP contribution in [0.5, 0.6) is 0 Å². The van der Waals surface area contributed by atoms with Crippen LogP contribution in [-0.2, 0) is 4.74 Å². The van der Waals surface area contributed by atoms with Crippen molar-refractivity contribution in [3.8, 4) is 0 Å². The third-order valence-electron chi connectivity index (χ3n) is 2.08. The molecule has 0 unspecified atom stereocenters. The summed E-state index contributed by atoms with van der Waals surface area (Å²) in [7, 11) is -0.0944. The topological polar surface area (TPSA) is 82.9 Å². The zero-order valence-corrected chi connectivity index (χ0v) is 10.9. The van der Waals surface area contributed by atoms with E-state index in [-0.39, 0.29) is 11.3 Å². The lowest BCUT2D eigenvalue weighted by atomic mass is 9.81. The lowest BCUT2D eigenvalue weighted by Crippen LogP contribution is -2.36. The Kier molecular flexibility index (Phi) is 4.31. The van der Waals surface area contributed by atoms with Gasteiger partial charge in [-0.2, -0.15) is 0 Å². The molecule has 1 amide bonds. The molecule has 0 bridgehead atoms. The molecule has 0 aromatic carbocycles. The fourth-order valence-electron chi connectivity index (χ4n) is 1.20. The number of hydrogen-bond acceptors (Lipinski definition) is 5. The highest BCUT2D eigenvalue weighted by Gasteiger charge is 2.22. The Hall–Kier alpha value is -1.60. The van der Waals surface area contributed by atoms with E-state index in [1.54, 1.807) is 20.8 Å². The van der Waals surface area contributed by atoms with Gasteiger partial charge in [-0.1, -0.05) is 0 Å². The minimum atomic E-state index is -1.60. The first-order valence-electron chi connectivity index (χ1n) is 5.49. The van der Waals surface area contributed by atoms with Crippen molar-refractivity contribution in [2.45, 2.75) is 26.4 Å². The predicted octanol–water partition coefficient (Wildman–Crippen LogP) is 0.133. The maximum Gasteiger partial charge on any atom is 0.488 e. The van der Waals surface area contributed by atoms with Gasteiger partial charge in [-0.05, 0) is 38.4 Å². The molecule has 18 heavy (non-hydrogen) atoms. The quantitative estimate of drug-likeness (QED) is 0.731. The summed E-state index contributed by atoms with van der Waals surface area (Å²) in [6.07, 6.45) is 0.838. The summed E-state index contributed by atoms with van der Waals surface area (Å²) < 4.78 is 5.18. The highest BCUT2D eigenvalue weighted by Crippen LogP contribution is 2.13. The van der Waals surface area contributed by atoms with Gasteiger partial charge >= 0.3 is 13.2 Å². The molecule has 0 saturated carbocycles. The van der Waals surface area contributed by atoms with E-state index in [1.165, 1.54) is 30.3 Å². The monoisotopic (exact) mass is 252 g/mol. The van der Waals surface area contributed by atoms with E-state index in [9.17, 15) is 4.79 Å². The second-order valence-corrected chi connectivity index (χ2v) is 4.86. The van der Waals surface area contributed by atoms with E-state index in [4.69, 9.17) is 14.8 Å². The molecule has 0 saturated heterocycles. The Labute approximate surface area is 106 Å². The molecule has 1 rings (SSSR count).